The summed E-state index contributed by atoms with van der Waals surface area (Å²) in [6.45, 7) is 5.62. The minimum Gasteiger partial charge on any atom is -0.456 e. The van der Waals surface area contributed by atoms with Crippen molar-refractivity contribution in [2.24, 2.45) is 5.92 Å². The molecule has 1 aromatic carbocycles. The average molecular weight is 321 g/mol. The molecule has 126 valence electrons. The van der Waals surface area contributed by atoms with Gasteiger partial charge in [0.05, 0.1) is 0 Å². The predicted molar refractivity (Wildman–Crippen MR) is 86.3 cm³/mol. The molecule has 0 radical (unpaired) electrons. The van der Waals surface area contributed by atoms with Gasteiger partial charge in [0.15, 0.2) is 12.4 Å². The van der Waals surface area contributed by atoms with Crippen molar-refractivity contribution in [2.45, 2.75) is 27.2 Å². The number of ketones is 1. The molecule has 6 heteroatoms. The van der Waals surface area contributed by atoms with Gasteiger partial charge in [-0.3, -0.25) is 9.59 Å². The Morgan fingerprint density at radius 1 is 1.09 bits per heavy atom. The van der Waals surface area contributed by atoms with Crippen molar-refractivity contribution in [3.63, 3.8) is 0 Å². The topological polar surface area (TPSA) is 81.7 Å². The minimum atomic E-state index is -0.572. The first-order valence-electron chi connectivity index (χ1n) is 7.58. The first-order valence-corrected chi connectivity index (χ1v) is 7.58. The molecule has 0 spiro atoms. The van der Waals surface area contributed by atoms with Gasteiger partial charge >= 0.3 is 5.97 Å². The SMILES string of the molecule is CCOCC(=O)OCC(=O)c1ccc(NC(=O)CC(C)C)cc1. The number of Topliss-reactive ketones (excluding diaryl/α,β-unsaturated/α-hetero) is 1. The lowest BCUT2D eigenvalue weighted by Crippen LogP contribution is -2.18. The largest absolute Gasteiger partial charge is 0.456 e. The molecule has 0 unspecified atom stereocenters. The molecule has 0 heterocycles. The van der Waals surface area contributed by atoms with E-state index in [1.54, 1.807) is 31.2 Å². The molecular weight excluding hydrogens is 298 g/mol. The zero-order valence-corrected chi connectivity index (χ0v) is 13.8. The first kappa shape index (κ1) is 18.8. The van der Waals surface area contributed by atoms with Crippen LogP contribution in [0.5, 0.6) is 0 Å². The molecule has 0 fully saturated rings. The summed E-state index contributed by atoms with van der Waals surface area (Å²) in [6.07, 6.45) is 0.441. The highest BCUT2D eigenvalue weighted by Crippen LogP contribution is 2.12. The number of hydrogen-bond acceptors (Lipinski definition) is 5. The first-order chi connectivity index (χ1) is 10.9. The normalized spacial score (nSPS) is 10.4. The summed E-state index contributed by atoms with van der Waals surface area (Å²) in [5.41, 5.74) is 1.04. The Labute approximate surface area is 136 Å². The number of carbonyl (C=O) groups excluding carboxylic acids is 3. The number of hydrogen-bond donors (Lipinski definition) is 1. The molecule has 0 aromatic heterocycles. The second-order valence-corrected chi connectivity index (χ2v) is 5.44. The van der Waals surface area contributed by atoms with Gasteiger partial charge in [-0.15, -0.1) is 0 Å². The number of esters is 1. The molecule has 0 bridgehead atoms. The maximum atomic E-state index is 11.9. The number of benzene rings is 1. The Kier molecular flexibility index (Phi) is 7.97. The van der Waals surface area contributed by atoms with Crippen LogP contribution in [0, 0.1) is 5.92 Å². The maximum Gasteiger partial charge on any atom is 0.332 e. The van der Waals surface area contributed by atoms with Crippen molar-refractivity contribution >= 4 is 23.3 Å². The van der Waals surface area contributed by atoms with E-state index >= 15 is 0 Å². The van der Waals surface area contributed by atoms with Crippen molar-refractivity contribution in [1.82, 2.24) is 0 Å². The smallest absolute Gasteiger partial charge is 0.332 e. The van der Waals surface area contributed by atoms with Crippen LogP contribution in [0.4, 0.5) is 5.69 Å². The molecule has 0 aliphatic rings. The number of carbonyl (C=O) groups is 3. The van der Waals surface area contributed by atoms with E-state index in [2.05, 4.69) is 5.32 Å². The Hall–Kier alpha value is -2.21. The summed E-state index contributed by atoms with van der Waals surface area (Å²) in [5, 5.41) is 2.76. The highest BCUT2D eigenvalue weighted by atomic mass is 16.6. The number of anilines is 1. The van der Waals surface area contributed by atoms with Crippen LogP contribution in [0.25, 0.3) is 0 Å². The predicted octanol–water partition coefficient (Wildman–Crippen LogP) is 2.43. The second kappa shape index (κ2) is 9.74. The van der Waals surface area contributed by atoms with Gasteiger partial charge in [0.2, 0.25) is 5.91 Å². The fraction of sp³-hybridized carbons (Fsp3) is 0.471. The number of ether oxygens (including phenoxy) is 2. The average Bonchev–Trinajstić information content (AvgIpc) is 2.50. The standard InChI is InChI=1S/C17H23NO5/c1-4-22-11-17(21)23-10-15(19)13-5-7-14(8-6-13)18-16(20)9-12(2)3/h5-8,12H,4,9-11H2,1-3H3,(H,18,20). The fourth-order valence-electron chi connectivity index (χ4n) is 1.78. The maximum absolute atomic E-state index is 11.9. The molecule has 0 aliphatic heterocycles. The van der Waals surface area contributed by atoms with E-state index in [4.69, 9.17) is 9.47 Å². The van der Waals surface area contributed by atoms with E-state index in [-0.39, 0.29) is 30.8 Å². The monoisotopic (exact) mass is 321 g/mol. The van der Waals surface area contributed by atoms with Gasteiger partial charge in [0, 0.05) is 24.3 Å². The summed E-state index contributed by atoms with van der Waals surface area (Å²) in [6, 6.07) is 6.47. The van der Waals surface area contributed by atoms with Crippen LogP contribution in [0.3, 0.4) is 0 Å². The van der Waals surface area contributed by atoms with Gasteiger partial charge in [-0.25, -0.2) is 4.79 Å². The van der Waals surface area contributed by atoms with Crippen molar-refractivity contribution < 1.29 is 23.9 Å². The molecule has 1 N–H and O–H groups in total. The molecule has 23 heavy (non-hydrogen) atoms. The Morgan fingerprint density at radius 3 is 2.30 bits per heavy atom. The van der Waals surface area contributed by atoms with Crippen LogP contribution in [0.1, 0.15) is 37.6 Å². The summed E-state index contributed by atoms with van der Waals surface area (Å²) >= 11 is 0. The summed E-state index contributed by atoms with van der Waals surface area (Å²) < 4.78 is 9.70. The Bertz CT molecular complexity index is 536. The summed E-state index contributed by atoms with van der Waals surface area (Å²) in [7, 11) is 0. The molecule has 6 nitrogen and oxygen atoms in total. The number of amides is 1. The van der Waals surface area contributed by atoms with E-state index < -0.39 is 5.97 Å². The van der Waals surface area contributed by atoms with E-state index in [0.717, 1.165) is 0 Å². The molecule has 1 rings (SSSR count). The molecule has 1 aromatic rings. The number of rotatable bonds is 9. The van der Waals surface area contributed by atoms with Crippen LogP contribution >= 0.6 is 0 Å². The minimum absolute atomic E-state index is 0.0658. The molecule has 0 atom stereocenters. The second-order valence-electron chi connectivity index (χ2n) is 5.44. The zero-order valence-electron chi connectivity index (χ0n) is 13.8. The molecule has 0 saturated carbocycles. The quantitative estimate of drug-likeness (QED) is 0.558. The van der Waals surface area contributed by atoms with Crippen molar-refractivity contribution in [2.75, 3.05) is 25.1 Å². The van der Waals surface area contributed by atoms with Crippen LogP contribution in [-0.4, -0.2) is 37.5 Å². The molecule has 1 amide bonds. The van der Waals surface area contributed by atoms with Gasteiger partial charge in [-0.1, -0.05) is 13.8 Å². The van der Waals surface area contributed by atoms with Crippen molar-refractivity contribution in [3.05, 3.63) is 29.8 Å². The zero-order chi connectivity index (χ0) is 17.2. The molecule has 0 saturated heterocycles. The summed E-state index contributed by atoms with van der Waals surface area (Å²) in [5.74, 6) is -0.668. The third-order valence-corrected chi connectivity index (χ3v) is 2.87. The highest BCUT2D eigenvalue weighted by Gasteiger charge is 2.11. The van der Waals surface area contributed by atoms with Crippen LogP contribution < -0.4 is 5.32 Å². The third kappa shape index (κ3) is 7.56. The summed E-state index contributed by atoms with van der Waals surface area (Å²) in [4.78, 5) is 34.8. The molecule has 0 aliphatic carbocycles. The molecular formula is C17H23NO5. The van der Waals surface area contributed by atoms with E-state index in [0.29, 0.717) is 24.3 Å². The fourth-order valence-corrected chi connectivity index (χ4v) is 1.78. The van der Waals surface area contributed by atoms with Gasteiger partial charge < -0.3 is 14.8 Å². The van der Waals surface area contributed by atoms with Crippen molar-refractivity contribution in [1.29, 1.82) is 0 Å². The van der Waals surface area contributed by atoms with Crippen LogP contribution in [0.2, 0.25) is 0 Å². The number of nitrogens with one attached hydrogen (secondary N) is 1. The van der Waals surface area contributed by atoms with Gasteiger partial charge in [0.1, 0.15) is 6.61 Å². The van der Waals surface area contributed by atoms with E-state index in [1.807, 2.05) is 13.8 Å². The van der Waals surface area contributed by atoms with Crippen LogP contribution in [0.15, 0.2) is 24.3 Å². The lowest BCUT2D eigenvalue weighted by molar-refractivity contribution is -0.147. The van der Waals surface area contributed by atoms with Crippen LogP contribution in [-0.2, 0) is 19.1 Å². The van der Waals surface area contributed by atoms with E-state index in [1.165, 1.54) is 0 Å². The van der Waals surface area contributed by atoms with Gasteiger partial charge in [0.25, 0.3) is 0 Å². The lowest BCUT2D eigenvalue weighted by atomic mass is 10.1. The third-order valence-electron chi connectivity index (χ3n) is 2.87. The Morgan fingerprint density at radius 2 is 1.74 bits per heavy atom. The van der Waals surface area contributed by atoms with E-state index in [9.17, 15) is 14.4 Å². The Balaban J connectivity index is 2.47. The van der Waals surface area contributed by atoms with Gasteiger partial charge in [-0.2, -0.15) is 0 Å². The van der Waals surface area contributed by atoms with Gasteiger partial charge in [-0.05, 0) is 37.1 Å². The lowest BCUT2D eigenvalue weighted by Gasteiger charge is -2.08. The highest BCUT2D eigenvalue weighted by molar-refractivity contribution is 5.98. The van der Waals surface area contributed by atoms with Crippen molar-refractivity contribution in [3.8, 4) is 0 Å².